The minimum absolute atomic E-state index is 0.00992. The number of hydrogen-bond donors (Lipinski definition) is 4. The molecule has 3 heterocycles. The van der Waals surface area contributed by atoms with Crippen molar-refractivity contribution in [2.45, 2.75) is 115 Å². The van der Waals surface area contributed by atoms with E-state index in [0.29, 0.717) is 26.0 Å². The Bertz CT molecular complexity index is 1340. The number of anilines is 1. The van der Waals surface area contributed by atoms with E-state index in [9.17, 15) is 19.5 Å². The van der Waals surface area contributed by atoms with Crippen LogP contribution in [0.3, 0.4) is 0 Å². The fourth-order valence-corrected chi connectivity index (χ4v) is 6.20. The first-order valence-electron chi connectivity index (χ1n) is 16.5. The molecule has 2 amide bonds. The van der Waals surface area contributed by atoms with E-state index >= 15 is 0 Å². The van der Waals surface area contributed by atoms with Crippen molar-refractivity contribution in [2.24, 2.45) is 5.92 Å². The number of benzene rings is 1. The Morgan fingerprint density at radius 2 is 1.94 bits per heavy atom. The quantitative estimate of drug-likeness (QED) is 0.108. The molecule has 1 aromatic carbocycles. The summed E-state index contributed by atoms with van der Waals surface area (Å²) in [7, 11) is 1.86. The molecule has 3 aliphatic rings. The van der Waals surface area contributed by atoms with Crippen LogP contribution in [-0.2, 0) is 39.9 Å². The Kier molecular flexibility index (Phi) is 12.8. The molecule has 4 N–H and O–H groups in total. The lowest BCUT2D eigenvalue weighted by Gasteiger charge is -2.39. The van der Waals surface area contributed by atoms with Crippen LogP contribution in [0.25, 0.3) is 0 Å². The SMILES string of the molecule is CNc1cccc(CNC(=O)C[C@@H]2C[C@@]3(CO3)[C@H](O)[C@@H](/C=C/C(C)=C/C[C@@H]3O[C@H](C)[C@H](NC(=O)/C=C\[C@H](C)OC(C)=O)C[C@@H]3C)O2)c1. The number of esters is 1. The summed E-state index contributed by atoms with van der Waals surface area (Å²) in [5.41, 5.74) is 2.32. The summed E-state index contributed by atoms with van der Waals surface area (Å²) in [5, 5.41) is 20.1. The standard InChI is InChI=1S/C36H51N3O8/c1-22(10-13-31-23(2)16-30(25(4)46-31)39-33(41)15-12-24(3)45-26(5)40)11-14-32-35(43)36(21-44-36)19-29(47-32)18-34(42)38-20-27-8-7-9-28(17-27)37-6/h7-12,14-15,17,23-25,29-32,35,37,43H,13,16,18-21H2,1-6H3,(H,38,42)(H,39,41)/b14-11+,15-12-,22-10+/t23-,24-,25+,29+,30+,31-,32+,35+,36+/m0/s1. The van der Waals surface area contributed by atoms with Gasteiger partial charge in [0, 0.05) is 38.7 Å². The lowest BCUT2D eigenvalue weighted by molar-refractivity contribution is -0.145. The molecule has 0 saturated carbocycles. The zero-order valence-corrected chi connectivity index (χ0v) is 28.4. The van der Waals surface area contributed by atoms with Crippen molar-refractivity contribution in [1.29, 1.82) is 0 Å². The predicted octanol–water partition coefficient (Wildman–Crippen LogP) is 3.72. The molecule has 11 nitrogen and oxygen atoms in total. The van der Waals surface area contributed by atoms with Gasteiger partial charge in [0.05, 0.1) is 37.4 Å². The van der Waals surface area contributed by atoms with Gasteiger partial charge in [-0.3, -0.25) is 14.4 Å². The summed E-state index contributed by atoms with van der Waals surface area (Å²) in [5.74, 6) is -0.548. The molecule has 1 spiro atoms. The van der Waals surface area contributed by atoms with E-state index in [4.69, 9.17) is 18.9 Å². The first-order valence-corrected chi connectivity index (χ1v) is 16.5. The summed E-state index contributed by atoms with van der Waals surface area (Å²) in [4.78, 5) is 36.3. The Morgan fingerprint density at radius 1 is 1.17 bits per heavy atom. The fraction of sp³-hybridized carbons (Fsp3) is 0.583. The molecule has 3 fully saturated rings. The smallest absolute Gasteiger partial charge is 0.303 e. The third-order valence-electron chi connectivity index (χ3n) is 9.04. The minimum Gasteiger partial charge on any atom is -0.459 e. The van der Waals surface area contributed by atoms with Crippen molar-refractivity contribution in [3.63, 3.8) is 0 Å². The van der Waals surface area contributed by atoms with Crippen LogP contribution in [0.5, 0.6) is 0 Å². The number of allylic oxidation sites excluding steroid dienone is 2. The first kappa shape index (κ1) is 36.3. The Hall–Kier alpha value is -3.51. The number of amides is 2. The van der Waals surface area contributed by atoms with Crippen molar-refractivity contribution in [1.82, 2.24) is 10.6 Å². The van der Waals surface area contributed by atoms with E-state index in [0.717, 1.165) is 23.2 Å². The number of rotatable bonds is 13. The molecule has 0 radical (unpaired) electrons. The van der Waals surface area contributed by atoms with Crippen LogP contribution in [0, 0.1) is 5.92 Å². The summed E-state index contributed by atoms with van der Waals surface area (Å²) < 4.78 is 23.2. The highest BCUT2D eigenvalue weighted by Crippen LogP contribution is 2.43. The topological polar surface area (TPSA) is 148 Å². The molecule has 258 valence electrons. The van der Waals surface area contributed by atoms with Gasteiger partial charge in [-0.1, -0.05) is 42.9 Å². The summed E-state index contributed by atoms with van der Waals surface area (Å²) in [6.07, 6.45) is 8.51. The van der Waals surface area contributed by atoms with E-state index in [1.54, 1.807) is 13.0 Å². The molecule has 0 aliphatic carbocycles. The van der Waals surface area contributed by atoms with E-state index in [1.807, 2.05) is 57.3 Å². The van der Waals surface area contributed by atoms with Crippen LogP contribution in [-0.4, -0.2) is 84.8 Å². The van der Waals surface area contributed by atoms with Crippen molar-refractivity contribution >= 4 is 23.5 Å². The molecule has 3 aliphatic heterocycles. The number of ether oxygens (including phenoxy) is 4. The minimum atomic E-state index is -0.815. The first-order chi connectivity index (χ1) is 22.4. The molecule has 47 heavy (non-hydrogen) atoms. The highest BCUT2D eigenvalue weighted by atomic mass is 16.6. The fourth-order valence-electron chi connectivity index (χ4n) is 6.20. The number of epoxide rings is 1. The molecule has 3 saturated heterocycles. The Labute approximate surface area is 278 Å². The number of nitrogens with one attached hydrogen (secondary N) is 3. The second-order valence-electron chi connectivity index (χ2n) is 13.1. The summed E-state index contributed by atoms with van der Waals surface area (Å²) in [6.45, 7) is 9.97. The number of hydrogen-bond acceptors (Lipinski definition) is 9. The molecule has 11 heteroatoms. The monoisotopic (exact) mass is 653 g/mol. The zero-order valence-electron chi connectivity index (χ0n) is 28.4. The van der Waals surface area contributed by atoms with E-state index in [-0.39, 0.29) is 48.5 Å². The predicted molar refractivity (Wildman–Crippen MR) is 178 cm³/mol. The van der Waals surface area contributed by atoms with Crippen molar-refractivity contribution in [3.8, 4) is 0 Å². The van der Waals surface area contributed by atoms with Crippen LogP contribution >= 0.6 is 0 Å². The maximum atomic E-state index is 12.8. The summed E-state index contributed by atoms with van der Waals surface area (Å²) in [6, 6.07) is 7.74. The number of aliphatic hydroxyl groups is 1. The van der Waals surface area contributed by atoms with E-state index < -0.39 is 29.9 Å². The molecule has 9 atom stereocenters. The van der Waals surface area contributed by atoms with Crippen LogP contribution in [0.4, 0.5) is 5.69 Å². The van der Waals surface area contributed by atoms with Gasteiger partial charge in [0.25, 0.3) is 0 Å². The maximum Gasteiger partial charge on any atom is 0.303 e. The maximum absolute atomic E-state index is 12.8. The molecular weight excluding hydrogens is 602 g/mol. The average Bonchev–Trinajstić information content (AvgIpc) is 3.80. The molecule has 1 aromatic rings. The molecule has 0 aromatic heterocycles. The lowest BCUT2D eigenvalue weighted by Crippen LogP contribution is -2.50. The van der Waals surface area contributed by atoms with Gasteiger partial charge in [-0.25, -0.2) is 0 Å². The normalized spacial score (nSPS) is 31.5. The molecular formula is C36H51N3O8. The third-order valence-corrected chi connectivity index (χ3v) is 9.04. The molecule has 4 rings (SSSR count). The second-order valence-corrected chi connectivity index (χ2v) is 13.1. The highest BCUT2D eigenvalue weighted by Gasteiger charge is 2.58. The van der Waals surface area contributed by atoms with E-state index in [1.165, 1.54) is 13.0 Å². The zero-order chi connectivity index (χ0) is 34.1. The Balaban J connectivity index is 1.25. The highest BCUT2D eigenvalue weighted by molar-refractivity contribution is 5.87. The van der Waals surface area contributed by atoms with Gasteiger partial charge in [-0.05, 0) is 63.3 Å². The third kappa shape index (κ3) is 10.8. The Morgan fingerprint density at radius 3 is 2.64 bits per heavy atom. The van der Waals surface area contributed by atoms with Gasteiger partial charge in [0.15, 0.2) is 0 Å². The van der Waals surface area contributed by atoms with Crippen LogP contribution < -0.4 is 16.0 Å². The van der Waals surface area contributed by atoms with Crippen LogP contribution in [0.15, 0.2) is 60.2 Å². The van der Waals surface area contributed by atoms with Crippen molar-refractivity contribution in [3.05, 3.63) is 65.8 Å². The second kappa shape index (κ2) is 16.5. The number of carbonyl (C=O) groups excluding carboxylic acids is 3. The van der Waals surface area contributed by atoms with Gasteiger partial charge in [-0.2, -0.15) is 0 Å². The van der Waals surface area contributed by atoms with Gasteiger partial charge in [0.1, 0.15) is 23.9 Å². The van der Waals surface area contributed by atoms with Gasteiger partial charge in [-0.15, -0.1) is 0 Å². The van der Waals surface area contributed by atoms with Crippen molar-refractivity contribution < 1.29 is 38.4 Å². The van der Waals surface area contributed by atoms with Crippen LogP contribution in [0.1, 0.15) is 65.9 Å². The van der Waals surface area contributed by atoms with Crippen LogP contribution in [0.2, 0.25) is 0 Å². The average molecular weight is 654 g/mol. The van der Waals surface area contributed by atoms with E-state index in [2.05, 4.69) is 29.0 Å². The van der Waals surface area contributed by atoms with Crippen molar-refractivity contribution in [2.75, 3.05) is 19.0 Å². The van der Waals surface area contributed by atoms with Gasteiger partial charge in [0.2, 0.25) is 11.8 Å². The lowest BCUT2D eigenvalue weighted by atomic mass is 9.87. The number of carbonyl (C=O) groups is 3. The number of aliphatic hydroxyl groups excluding tert-OH is 1. The molecule has 0 unspecified atom stereocenters. The molecule has 0 bridgehead atoms. The van der Waals surface area contributed by atoms with Gasteiger partial charge >= 0.3 is 5.97 Å². The summed E-state index contributed by atoms with van der Waals surface area (Å²) >= 11 is 0. The van der Waals surface area contributed by atoms with Gasteiger partial charge < -0.3 is 40.0 Å². The largest absolute Gasteiger partial charge is 0.459 e.